The van der Waals surface area contributed by atoms with Crippen molar-refractivity contribution in [2.45, 2.75) is 45.7 Å². The number of hydrogen-bond acceptors (Lipinski definition) is 4. The molecule has 2 aliphatic rings. The maximum absolute atomic E-state index is 5.48. The molecule has 2 fully saturated rings. The monoisotopic (exact) mass is 490 g/mol. The molecule has 2 aliphatic heterocycles. The molecule has 1 aromatic heterocycles. The Morgan fingerprint density at radius 2 is 2.22 bits per heavy atom. The Morgan fingerprint density at radius 3 is 2.85 bits per heavy atom. The lowest BCUT2D eigenvalue weighted by molar-refractivity contribution is 0.187. The van der Waals surface area contributed by atoms with Crippen LogP contribution in [0.2, 0.25) is 0 Å². The van der Waals surface area contributed by atoms with Crippen LogP contribution in [0.25, 0.3) is 0 Å². The molecule has 0 aromatic carbocycles. The highest BCUT2D eigenvalue weighted by Crippen LogP contribution is 2.18. The van der Waals surface area contributed by atoms with Gasteiger partial charge in [0, 0.05) is 57.2 Å². The molecule has 7 heteroatoms. The average Bonchev–Trinajstić information content (AvgIpc) is 3.35. The Kier molecular flexibility index (Phi) is 9.38. The molecule has 6 nitrogen and oxygen atoms in total. The van der Waals surface area contributed by atoms with Crippen LogP contribution in [0.5, 0.6) is 0 Å². The SMILES string of the molecule is CC1CN(C(C)C)CC1NC(=NCC1CCOC1)NCCc1ccco1.I. The second-order valence-electron chi connectivity index (χ2n) is 7.95. The second kappa shape index (κ2) is 11.3. The van der Waals surface area contributed by atoms with Gasteiger partial charge < -0.3 is 19.8 Å². The summed E-state index contributed by atoms with van der Waals surface area (Å²) in [7, 11) is 0. The first-order valence-corrected chi connectivity index (χ1v) is 10.0. The van der Waals surface area contributed by atoms with Gasteiger partial charge in [-0.15, -0.1) is 24.0 Å². The second-order valence-corrected chi connectivity index (χ2v) is 7.95. The summed E-state index contributed by atoms with van der Waals surface area (Å²) in [5.41, 5.74) is 0. The van der Waals surface area contributed by atoms with Gasteiger partial charge in [-0.05, 0) is 38.3 Å². The predicted molar refractivity (Wildman–Crippen MR) is 120 cm³/mol. The van der Waals surface area contributed by atoms with Gasteiger partial charge in [0.15, 0.2) is 5.96 Å². The summed E-state index contributed by atoms with van der Waals surface area (Å²) in [5, 5.41) is 7.17. The number of ether oxygens (including phenoxy) is 1. The van der Waals surface area contributed by atoms with E-state index in [1.54, 1.807) is 6.26 Å². The van der Waals surface area contributed by atoms with Gasteiger partial charge in [0.1, 0.15) is 5.76 Å². The summed E-state index contributed by atoms with van der Waals surface area (Å²) in [6.07, 6.45) is 3.70. The third kappa shape index (κ3) is 6.94. The lowest BCUT2D eigenvalue weighted by atomic mass is 10.1. The van der Waals surface area contributed by atoms with Crippen molar-refractivity contribution < 1.29 is 9.15 Å². The molecule has 3 unspecified atom stereocenters. The normalized spacial score (nSPS) is 26.4. The van der Waals surface area contributed by atoms with Crippen LogP contribution in [0.3, 0.4) is 0 Å². The van der Waals surface area contributed by atoms with Crippen molar-refractivity contribution in [2.24, 2.45) is 16.8 Å². The molecule has 154 valence electrons. The lowest BCUT2D eigenvalue weighted by Crippen LogP contribution is -2.47. The minimum atomic E-state index is 0. The molecular weight excluding hydrogens is 455 g/mol. The van der Waals surface area contributed by atoms with Gasteiger partial charge in [-0.3, -0.25) is 9.89 Å². The van der Waals surface area contributed by atoms with Gasteiger partial charge in [0.2, 0.25) is 0 Å². The molecule has 0 aliphatic carbocycles. The van der Waals surface area contributed by atoms with Gasteiger partial charge in [-0.2, -0.15) is 0 Å². The summed E-state index contributed by atoms with van der Waals surface area (Å²) in [5.74, 6) is 3.09. The van der Waals surface area contributed by atoms with E-state index in [0.717, 1.165) is 64.0 Å². The lowest BCUT2D eigenvalue weighted by Gasteiger charge is -2.22. The van der Waals surface area contributed by atoms with Crippen molar-refractivity contribution in [1.29, 1.82) is 0 Å². The highest BCUT2D eigenvalue weighted by molar-refractivity contribution is 14.0. The van der Waals surface area contributed by atoms with E-state index >= 15 is 0 Å². The fourth-order valence-electron chi connectivity index (χ4n) is 3.65. The van der Waals surface area contributed by atoms with E-state index in [1.165, 1.54) is 0 Å². The molecule has 2 saturated heterocycles. The van der Waals surface area contributed by atoms with Crippen molar-refractivity contribution in [1.82, 2.24) is 15.5 Å². The van der Waals surface area contributed by atoms with E-state index in [1.807, 2.05) is 12.1 Å². The van der Waals surface area contributed by atoms with Gasteiger partial charge in [0.25, 0.3) is 0 Å². The Bertz CT molecular complexity index is 558. The van der Waals surface area contributed by atoms with Crippen LogP contribution in [-0.4, -0.2) is 62.3 Å². The number of hydrogen-bond donors (Lipinski definition) is 2. The fourth-order valence-corrected chi connectivity index (χ4v) is 3.65. The van der Waals surface area contributed by atoms with Crippen LogP contribution in [0, 0.1) is 11.8 Å². The van der Waals surface area contributed by atoms with Gasteiger partial charge in [-0.1, -0.05) is 6.92 Å². The van der Waals surface area contributed by atoms with Gasteiger partial charge in [0.05, 0.1) is 12.9 Å². The van der Waals surface area contributed by atoms with Crippen molar-refractivity contribution >= 4 is 29.9 Å². The molecule has 3 atom stereocenters. The number of guanidine groups is 1. The number of aliphatic imine (C=N–C) groups is 1. The zero-order chi connectivity index (χ0) is 18.4. The first kappa shape index (κ1) is 22.5. The Labute approximate surface area is 180 Å². The molecular formula is C20H35IN4O2. The maximum Gasteiger partial charge on any atom is 0.191 e. The molecule has 0 radical (unpaired) electrons. The fraction of sp³-hybridized carbons (Fsp3) is 0.750. The number of likely N-dealkylation sites (tertiary alicyclic amines) is 1. The maximum atomic E-state index is 5.48. The van der Waals surface area contributed by atoms with Crippen LogP contribution < -0.4 is 10.6 Å². The average molecular weight is 490 g/mol. The van der Waals surface area contributed by atoms with Crippen molar-refractivity contribution in [2.75, 3.05) is 39.4 Å². The largest absolute Gasteiger partial charge is 0.469 e. The highest BCUT2D eigenvalue weighted by atomic mass is 127. The molecule has 2 N–H and O–H groups in total. The van der Waals surface area contributed by atoms with E-state index in [-0.39, 0.29) is 24.0 Å². The van der Waals surface area contributed by atoms with E-state index in [4.69, 9.17) is 14.1 Å². The summed E-state index contributed by atoms with van der Waals surface area (Å²) in [6.45, 7) is 12.4. The number of halogens is 1. The predicted octanol–water partition coefficient (Wildman–Crippen LogP) is 2.74. The zero-order valence-corrected chi connectivity index (χ0v) is 19.1. The Balaban J connectivity index is 0.00000261. The van der Waals surface area contributed by atoms with Crippen LogP contribution in [0.15, 0.2) is 27.8 Å². The molecule has 1 aromatic rings. The molecule has 3 rings (SSSR count). The summed E-state index contributed by atoms with van der Waals surface area (Å²) in [4.78, 5) is 7.39. The van der Waals surface area contributed by atoms with Crippen molar-refractivity contribution in [3.63, 3.8) is 0 Å². The van der Waals surface area contributed by atoms with Gasteiger partial charge in [-0.25, -0.2) is 0 Å². The first-order chi connectivity index (χ1) is 12.6. The summed E-state index contributed by atoms with van der Waals surface area (Å²) in [6, 6.07) is 4.98. The minimum absolute atomic E-state index is 0. The van der Waals surface area contributed by atoms with Crippen molar-refractivity contribution in [3.8, 4) is 0 Å². The van der Waals surface area contributed by atoms with E-state index in [2.05, 4.69) is 36.3 Å². The van der Waals surface area contributed by atoms with Crippen LogP contribution in [-0.2, 0) is 11.2 Å². The summed E-state index contributed by atoms with van der Waals surface area (Å²) >= 11 is 0. The Hall–Kier alpha value is -0.800. The van der Waals surface area contributed by atoms with E-state index in [9.17, 15) is 0 Å². The third-order valence-corrected chi connectivity index (χ3v) is 5.47. The molecule has 27 heavy (non-hydrogen) atoms. The number of furan rings is 1. The summed E-state index contributed by atoms with van der Waals surface area (Å²) < 4.78 is 10.9. The van der Waals surface area contributed by atoms with E-state index < -0.39 is 0 Å². The number of nitrogens with zero attached hydrogens (tertiary/aromatic N) is 2. The quantitative estimate of drug-likeness (QED) is 0.350. The van der Waals surface area contributed by atoms with Crippen molar-refractivity contribution in [3.05, 3.63) is 24.2 Å². The van der Waals surface area contributed by atoms with E-state index in [0.29, 0.717) is 23.9 Å². The van der Waals surface area contributed by atoms with Gasteiger partial charge >= 0.3 is 0 Å². The Morgan fingerprint density at radius 1 is 1.37 bits per heavy atom. The smallest absolute Gasteiger partial charge is 0.191 e. The standard InChI is InChI=1S/C20H34N4O2.HI/c1-15(2)24-12-16(3)19(13-24)23-20(22-11-17-7-10-25-14-17)21-8-6-18-5-4-9-26-18;/h4-5,9,15-17,19H,6-8,10-14H2,1-3H3,(H2,21,22,23);1H. The molecule has 0 spiro atoms. The van der Waals surface area contributed by atoms with Crippen LogP contribution in [0.4, 0.5) is 0 Å². The molecule has 0 amide bonds. The minimum Gasteiger partial charge on any atom is -0.469 e. The van der Waals surface area contributed by atoms with Crippen LogP contribution in [0.1, 0.15) is 33.0 Å². The molecule has 0 bridgehead atoms. The topological polar surface area (TPSA) is 62.0 Å². The number of nitrogens with one attached hydrogen (secondary N) is 2. The zero-order valence-electron chi connectivity index (χ0n) is 16.8. The highest BCUT2D eigenvalue weighted by Gasteiger charge is 2.31. The molecule has 0 saturated carbocycles. The first-order valence-electron chi connectivity index (χ1n) is 10.0. The number of rotatable bonds is 7. The van der Waals surface area contributed by atoms with Crippen LogP contribution >= 0.6 is 24.0 Å². The molecule has 3 heterocycles. The third-order valence-electron chi connectivity index (χ3n) is 5.47.